The minimum atomic E-state index is -4.94. The highest BCUT2D eigenvalue weighted by Gasteiger charge is 2.38. The zero-order valence-corrected chi connectivity index (χ0v) is 16.8. The minimum Gasteiger partial charge on any atom is -0.457 e. The van der Waals surface area contributed by atoms with E-state index >= 15 is 0 Å². The number of halogens is 7. The molecule has 0 amide bonds. The fourth-order valence-corrected chi connectivity index (χ4v) is 3.07. The van der Waals surface area contributed by atoms with E-state index in [9.17, 15) is 35.8 Å². The number of hydrogen-bond acceptors (Lipinski definition) is 3. The number of aliphatic hydroxyl groups excluding tert-OH is 1. The molecule has 0 saturated heterocycles. The van der Waals surface area contributed by atoms with Gasteiger partial charge in [0.15, 0.2) is 6.10 Å². The van der Waals surface area contributed by atoms with Gasteiger partial charge in [0.05, 0.1) is 11.6 Å². The zero-order valence-electron chi connectivity index (χ0n) is 16.8. The Bertz CT molecular complexity index is 1070. The Morgan fingerprint density at radius 3 is 2.09 bits per heavy atom. The quantitative estimate of drug-likeness (QED) is 0.400. The molecule has 0 aliphatic heterocycles. The summed E-state index contributed by atoms with van der Waals surface area (Å²) in [6.07, 6.45) is -12.5. The van der Waals surface area contributed by atoms with Gasteiger partial charge in [-0.15, -0.1) is 0 Å². The Morgan fingerprint density at radius 1 is 0.818 bits per heavy atom. The average Bonchev–Trinajstić information content (AvgIpc) is 2.74. The van der Waals surface area contributed by atoms with Gasteiger partial charge >= 0.3 is 12.4 Å². The smallest absolute Gasteiger partial charge is 0.416 e. The molecule has 3 aromatic rings. The largest absolute Gasteiger partial charge is 0.457 e. The van der Waals surface area contributed by atoms with E-state index in [2.05, 4.69) is 5.32 Å². The molecule has 0 bridgehead atoms. The maximum absolute atomic E-state index is 14.7. The van der Waals surface area contributed by atoms with Crippen LogP contribution in [0.3, 0.4) is 0 Å². The van der Waals surface area contributed by atoms with Crippen molar-refractivity contribution in [1.29, 1.82) is 0 Å². The van der Waals surface area contributed by atoms with Crippen LogP contribution in [0.25, 0.3) is 0 Å². The standard InChI is InChI=1S/C23H18F7NO2/c24-19-12-15(22(25,26)27)9-10-18(19)21(31-13-20(32)23(28,29)30)14-5-4-8-17(11-14)33-16-6-2-1-3-7-16/h1-12,20-21,31-32H,13H2. The molecule has 2 atom stereocenters. The summed E-state index contributed by atoms with van der Waals surface area (Å²) in [6, 6.07) is 14.9. The van der Waals surface area contributed by atoms with E-state index in [1.165, 1.54) is 18.2 Å². The molecule has 3 aromatic carbocycles. The number of alkyl halides is 6. The van der Waals surface area contributed by atoms with E-state index < -0.39 is 42.4 Å². The molecule has 0 fully saturated rings. The third kappa shape index (κ3) is 6.45. The molecule has 0 radical (unpaired) electrons. The lowest BCUT2D eigenvalue weighted by molar-refractivity contribution is -0.202. The predicted molar refractivity (Wildman–Crippen MR) is 106 cm³/mol. The molecule has 0 aliphatic carbocycles. The van der Waals surface area contributed by atoms with Crippen molar-refractivity contribution in [2.24, 2.45) is 0 Å². The average molecular weight is 473 g/mol. The first-order valence-corrected chi connectivity index (χ1v) is 9.63. The molecule has 0 aliphatic rings. The molecule has 2 N–H and O–H groups in total. The topological polar surface area (TPSA) is 41.5 Å². The van der Waals surface area contributed by atoms with Gasteiger partial charge in [0.25, 0.3) is 0 Å². The number of para-hydroxylation sites is 1. The van der Waals surface area contributed by atoms with Crippen molar-refractivity contribution in [3.05, 3.63) is 95.3 Å². The van der Waals surface area contributed by atoms with E-state index in [4.69, 9.17) is 4.74 Å². The molecule has 0 aromatic heterocycles. The van der Waals surface area contributed by atoms with Crippen molar-refractivity contribution in [2.75, 3.05) is 6.54 Å². The molecular formula is C23H18F7NO2. The first-order valence-electron chi connectivity index (χ1n) is 9.63. The van der Waals surface area contributed by atoms with Gasteiger partial charge in [-0.05, 0) is 42.0 Å². The zero-order chi connectivity index (χ0) is 24.2. The van der Waals surface area contributed by atoms with Gasteiger partial charge in [0.2, 0.25) is 0 Å². The molecule has 0 heterocycles. The fraction of sp³-hybridized carbons (Fsp3) is 0.217. The maximum atomic E-state index is 14.7. The van der Waals surface area contributed by atoms with E-state index in [0.717, 1.165) is 6.07 Å². The maximum Gasteiger partial charge on any atom is 0.416 e. The first kappa shape index (κ1) is 24.5. The van der Waals surface area contributed by atoms with Crippen molar-refractivity contribution in [2.45, 2.75) is 24.5 Å². The molecule has 33 heavy (non-hydrogen) atoms. The second kappa shape index (κ2) is 9.80. The van der Waals surface area contributed by atoms with Crippen LogP contribution in [0.2, 0.25) is 0 Å². The molecule has 3 nitrogen and oxygen atoms in total. The van der Waals surface area contributed by atoms with Crippen molar-refractivity contribution in [1.82, 2.24) is 5.32 Å². The summed E-state index contributed by atoms with van der Waals surface area (Å²) in [7, 11) is 0. The summed E-state index contributed by atoms with van der Waals surface area (Å²) in [6.45, 7) is -1.02. The lowest BCUT2D eigenvalue weighted by atomic mass is 9.96. The fourth-order valence-electron chi connectivity index (χ4n) is 3.07. The lowest BCUT2D eigenvalue weighted by Gasteiger charge is -2.24. The Kier molecular flexibility index (Phi) is 7.28. The summed E-state index contributed by atoms with van der Waals surface area (Å²) < 4.78 is 97.4. The number of ether oxygens (including phenoxy) is 1. The van der Waals surface area contributed by atoms with Crippen LogP contribution >= 0.6 is 0 Å². The predicted octanol–water partition coefficient (Wildman–Crippen LogP) is 6.24. The molecule has 10 heteroatoms. The van der Waals surface area contributed by atoms with Crippen molar-refractivity contribution in [3.63, 3.8) is 0 Å². The van der Waals surface area contributed by atoms with Crippen LogP contribution in [0.1, 0.15) is 22.7 Å². The SMILES string of the molecule is OC(CNC(c1cccc(Oc2ccccc2)c1)c1ccc(C(F)(F)F)cc1F)C(F)(F)F. The molecular weight excluding hydrogens is 455 g/mol. The minimum absolute atomic E-state index is 0.219. The molecule has 0 spiro atoms. The van der Waals surface area contributed by atoms with Gasteiger partial charge in [0.1, 0.15) is 17.3 Å². The molecule has 3 rings (SSSR count). The molecule has 0 saturated carbocycles. The Morgan fingerprint density at radius 2 is 1.48 bits per heavy atom. The summed E-state index contributed by atoms with van der Waals surface area (Å²) in [5.74, 6) is -0.528. The Balaban J connectivity index is 1.96. The van der Waals surface area contributed by atoms with E-state index in [1.807, 2.05) is 0 Å². The van der Waals surface area contributed by atoms with Crippen LogP contribution in [-0.2, 0) is 6.18 Å². The van der Waals surface area contributed by atoms with Crippen molar-refractivity contribution in [3.8, 4) is 11.5 Å². The van der Waals surface area contributed by atoms with Crippen LogP contribution in [0, 0.1) is 5.82 Å². The summed E-state index contributed by atoms with van der Waals surface area (Å²) in [4.78, 5) is 0. The lowest BCUT2D eigenvalue weighted by Crippen LogP contribution is -2.40. The molecule has 2 unspecified atom stereocenters. The van der Waals surface area contributed by atoms with Gasteiger partial charge in [-0.3, -0.25) is 0 Å². The van der Waals surface area contributed by atoms with E-state index in [-0.39, 0.29) is 22.9 Å². The number of rotatable bonds is 7. The van der Waals surface area contributed by atoms with Crippen molar-refractivity contribution < 1.29 is 40.6 Å². The Labute approximate surface area is 184 Å². The van der Waals surface area contributed by atoms with Crippen LogP contribution < -0.4 is 10.1 Å². The normalized spacial score (nSPS) is 14.1. The molecule has 176 valence electrons. The number of aliphatic hydroxyl groups is 1. The van der Waals surface area contributed by atoms with Gasteiger partial charge < -0.3 is 15.2 Å². The van der Waals surface area contributed by atoms with Crippen LogP contribution in [0.15, 0.2) is 72.8 Å². The summed E-state index contributed by atoms with van der Waals surface area (Å²) in [5, 5.41) is 11.7. The van der Waals surface area contributed by atoms with Gasteiger partial charge in [-0.2, -0.15) is 26.3 Å². The summed E-state index contributed by atoms with van der Waals surface area (Å²) >= 11 is 0. The third-order valence-electron chi connectivity index (χ3n) is 4.70. The Hall–Kier alpha value is -3.11. The number of benzene rings is 3. The number of nitrogens with one attached hydrogen (secondary N) is 1. The van der Waals surface area contributed by atoms with Gasteiger partial charge in [0, 0.05) is 12.1 Å². The van der Waals surface area contributed by atoms with E-state index in [0.29, 0.717) is 11.8 Å². The van der Waals surface area contributed by atoms with Crippen LogP contribution in [0.5, 0.6) is 11.5 Å². The van der Waals surface area contributed by atoms with Crippen LogP contribution in [0.4, 0.5) is 30.7 Å². The third-order valence-corrected chi connectivity index (χ3v) is 4.70. The van der Waals surface area contributed by atoms with Gasteiger partial charge in [-0.25, -0.2) is 4.39 Å². The highest BCUT2D eigenvalue weighted by atomic mass is 19.4. The monoisotopic (exact) mass is 473 g/mol. The summed E-state index contributed by atoms with van der Waals surface area (Å²) in [5.41, 5.74) is -1.34. The first-order chi connectivity index (χ1) is 15.4. The highest BCUT2D eigenvalue weighted by Crippen LogP contribution is 2.34. The number of hydrogen-bond donors (Lipinski definition) is 2. The second-order valence-electron chi connectivity index (χ2n) is 7.12. The van der Waals surface area contributed by atoms with Crippen LogP contribution in [-0.4, -0.2) is 23.9 Å². The van der Waals surface area contributed by atoms with Gasteiger partial charge in [-0.1, -0.05) is 36.4 Å². The second-order valence-corrected chi connectivity index (χ2v) is 7.12. The van der Waals surface area contributed by atoms with E-state index in [1.54, 1.807) is 36.4 Å². The highest BCUT2D eigenvalue weighted by molar-refractivity contribution is 5.40. The van der Waals surface area contributed by atoms with Crippen molar-refractivity contribution >= 4 is 0 Å².